The van der Waals surface area contributed by atoms with Crippen molar-refractivity contribution in [2.75, 3.05) is 19.8 Å². The van der Waals surface area contributed by atoms with Gasteiger partial charge >= 0.3 is 19.8 Å². The Morgan fingerprint density at radius 1 is 0.600 bits per heavy atom. The average Bonchev–Trinajstić information content (AvgIpc) is 3.16. The Bertz CT molecular complexity index is 1170. The molecule has 0 bridgehead atoms. The summed E-state index contributed by atoms with van der Waals surface area (Å²) in [6.45, 7) is 2.42. The van der Waals surface area contributed by atoms with Crippen molar-refractivity contribution in [3.63, 3.8) is 0 Å². The van der Waals surface area contributed by atoms with Gasteiger partial charge in [-0.2, -0.15) is 0 Å². The predicted octanol–water partition coefficient (Wildman–Crippen LogP) is 10.4. The zero-order chi connectivity index (χ0) is 40.7. The van der Waals surface area contributed by atoms with Crippen molar-refractivity contribution in [2.45, 2.75) is 174 Å². The third kappa shape index (κ3) is 37.9. The molecule has 0 heterocycles. The van der Waals surface area contributed by atoms with Crippen LogP contribution in [0.15, 0.2) is 60.8 Å². The number of aliphatic hydroxyl groups is 1. The molecule has 1 amide bonds. The second kappa shape index (κ2) is 38.1. The zero-order valence-electron chi connectivity index (χ0n) is 34.0. The molecule has 0 fully saturated rings. The van der Waals surface area contributed by atoms with Gasteiger partial charge < -0.3 is 25.2 Å². The normalized spacial score (nSPS) is 14.4. The van der Waals surface area contributed by atoms with Crippen LogP contribution in [0.2, 0.25) is 0 Å². The summed E-state index contributed by atoms with van der Waals surface area (Å²) in [5.74, 6) is -2.40. The Hall–Kier alpha value is -2.82. The average molecular weight is 796 g/mol. The van der Waals surface area contributed by atoms with Gasteiger partial charge in [-0.15, -0.1) is 0 Å². The highest BCUT2D eigenvalue weighted by Gasteiger charge is 2.28. The van der Waals surface area contributed by atoms with Gasteiger partial charge in [-0.1, -0.05) is 152 Å². The Kier molecular flexibility index (Phi) is 36.1. The van der Waals surface area contributed by atoms with E-state index < -0.39 is 57.6 Å². The van der Waals surface area contributed by atoms with E-state index in [1.54, 1.807) is 0 Å². The van der Waals surface area contributed by atoms with Gasteiger partial charge in [0, 0.05) is 12.8 Å². The molecular formula is C43H74NO10P. The van der Waals surface area contributed by atoms with E-state index in [-0.39, 0.29) is 12.8 Å². The third-order valence-electron chi connectivity index (χ3n) is 8.57. The smallest absolute Gasteiger partial charge is 0.472 e. The van der Waals surface area contributed by atoms with Crippen LogP contribution < -0.4 is 5.32 Å². The summed E-state index contributed by atoms with van der Waals surface area (Å²) in [5, 5.41) is 21.7. The summed E-state index contributed by atoms with van der Waals surface area (Å²) in [6, 6.07) is -1.55. The molecule has 0 aromatic carbocycles. The largest absolute Gasteiger partial charge is 0.480 e. The molecule has 316 valence electrons. The number of aliphatic hydroxyl groups excluding tert-OH is 1. The second-order valence-corrected chi connectivity index (χ2v) is 15.3. The number of phosphoric acid groups is 1. The van der Waals surface area contributed by atoms with E-state index in [0.29, 0.717) is 12.8 Å². The minimum atomic E-state index is -4.76. The molecule has 0 aliphatic rings. The maximum atomic E-state index is 12.2. The fraction of sp³-hybridized carbons (Fsp3) is 0.698. The van der Waals surface area contributed by atoms with E-state index in [0.717, 1.165) is 83.5 Å². The summed E-state index contributed by atoms with van der Waals surface area (Å²) in [6.07, 6.45) is 42.5. The molecule has 4 N–H and O–H groups in total. The van der Waals surface area contributed by atoms with Crippen LogP contribution in [0.5, 0.6) is 0 Å². The Morgan fingerprint density at radius 2 is 1.05 bits per heavy atom. The molecule has 11 nitrogen and oxygen atoms in total. The Labute approximate surface area is 332 Å². The van der Waals surface area contributed by atoms with Crippen molar-refractivity contribution in [3.05, 3.63) is 60.8 Å². The number of phosphoric ester groups is 1. The van der Waals surface area contributed by atoms with Crippen molar-refractivity contribution < 1.29 is 47.8 Å². The maximum absolute atomic E-state index is 12.2. The van der Waals surface area contributed by atoms with E-state index in [4.69, 9.17) is 13.8 Å². The number of unbranched alkanes of at least 4 members (excludes halogenated alkanes) is 14. The van der Waals surface area contributed by atoms with Crippen LogP contribution >= 0.6 is 7.82 Å². The molecule has 0 saturated heterocycles. The molecule has 0 radical (unpaired) electrons. The molecule has 0 aromatic rings. The molecule has 55 heavy (non-hydrogen) atoms. The first-order chi connectivity index (χ1) is 26.6. The lowest BCUT2D eigenvalue weighted by atomic mass is 10.1. The summed E-state index contributed by atoms with van der Waals surface area (Å²) in [5.41, 5.74) is 0. The fourth-order valence-electron chi connectivity index (χ4n) is 5.34. The van der Waals surface area contributed by atoms with Gasteiger partial charge in [0.2, 0.25) is 5.91 Å². The van der Waals surface area contributed by atoms with Crippen molar-refractivity contribution in [2.24, 2.45) is 0 Å². The fourth-order valence-corrected chi connectivity index (χ4v) is 6.11. The SMILES string of the molecule is CC/C=C\C/C=C\C/C=C\C/C=C\C/C=C\CCCCCCCC(=O)OCC(O)COP(=O)(O)OCC(NC(=O)CCCCCCCCCCCC)C(=O)O. The number of nitrogens with one attached hydrogen (secondary N) is 1. The Balaban J connectivity index is 3.93. The van der Waals surface area contributed by atoms with Gasteiger partial charge in [-0.3, -0.25) is 18.6 Å². The molecule has 0 rings (SSSR count). The lowest BCUT2D eigenvalue weighted by Gasteiger charge is -2.18. The van der Waals surface area contributed by atoms with Crippen LogP contribution in [-0.2, 0) is 32.7 Å². The van der Waals surface area contributed by atoms with E-state index >= 15 is 0 Å². The lowest BCUT2D eigenvalue weighted by Crippen LogP contribution is -2.43. The number of allylic oxidation sites excluding steroid dienone is 10. The minimum Gasteiger partial charge on any atom is -0.480 e. The molecule has 0 saturated carbocycles. The van der Waals surface area contributed by atoms with Gasteiger partial charge in [0.1, 0.15) is 12.7 Å². The van der Waals surface area contributed by atoms with Crippen molar-refractivity contribution in [1.82, 2.24) is 5.32 Å². The van der Waals surface area contributed by atoms with Gasteiger partial charge in [0.15, 0.2) is 6.04 Å². The van der Waals surface area contributed by atoms with Gasteiger partial charge in [0.25, 0.3) is 0 Å². The first kappa shape index (κ1) is 52.2. The molecule has 0 aromatic heterocycles. The molecule has 3 atom stereocenters. The number of carbonyl (C=O) groups is 3. The first-order valence-electron chi connectivity index (χ1n) is 20.8. The number of carboxylic acids is 1. The Morgan fingerprint density at radius 3 is 1.58 bits per heavy atom. The molecule has 0 aliphatic heterocycles. The number of amides is 1. The van der Waals surface area contributed by atoms with Crippen LogP contribution in [0.1, 0.15) is 162 Å². The van der Waals surface area contributed by atoms with Crippen LogP contribution in [0.4, 0.5) is 0 Å². The summed E-state index contributed by atoms with van der Waals surface area (Å²) in [4.78, 5) is 45.7. The highest BCUT2D eigenvalue weighted by atomic mass is 31.2. The van der Waals surface area contributed by atoms with Gasteiger partial charge in [-0.05, 0) is 57.8 Å². The highest BCUT2D eigenvalue weighted by Crippen LogP contribution is 2.43. The lowest BCUT2D eigenvalue weighted by molar-refractivity contribution is -0.147. The van der Waals surface area contributed by atoms with Crippen LogP contribution in [-0.4, -0.2) is 64.9 Å². The number of ether oxygens (including phenoxy) is 1. The van der Waals surface area contributed by atoms with E-state index in [9.17, 15) is 34.1 Å². The van der Waals surface area contributed by atoms with Gasteiger partial charge in [0.05, 0.1) is 13.2 Å². The monoisotopic (exact) mass is 796 g/mol. The van der Waals surface area contributed by atoms with E-state index in [2.05, 4.69) is 79.9 Å². The molecule has 0 aliphatic carbocycles. The highest BCUT2D eigenvalue weighted by molar-refractivity contribution is 7.47. The number of hydrogen-bond donors (Lipinski definition) is 4. The van der Waals surface area contributed by atoms with Crippen molar-refractivity contribution in [1.29, 1.82) is 0 Å². The topological polar surface area (TPSA) is 169 Å². The summed E-state index contributed by atoms with van der Waals surface area (Å²) >= 11 is 0. The third-order valence-corrected chi connectivity index (χ3v) is 9.52. The number of rotatable bonds is 38. The standard InChI is InChI=1S/C43H74NO10P/c1-3-5-7-9-11-13-15-16-17-18-19-20-21-22-23-24-25-27-29-31-33-35-42(47)52-36-39(45)37-53-55(50,51)54-38-40(43(48)49)44-41(46)34-32-30-28-26-14-12-10-8-6-4-2/h5,7,11,13,16-17,19-20,22-23,39-40,45H,3-4,6,8-10,12,14-15,18,21,24-38H2,1-2H3,(H,44,46)(H,48,49)(H,50,51)/b7-5-,13-11-,17-16-,20-19-,23-22-. The van der Waals surface area contributed by atoms with Crippen LogP contribution in [0, 0.1) is 0 Å². The second-order valence-electron chi connectivity index (χ2n) is 13.8. The molecular weight excluding hydrogens is 721 g/mol. The van der Waals surface area contributed by atoms with Gasteiger partial charge in [-0.25, -0.2) is 9.36 Å². The molecule has 3 unspecified atom stereocenters. The van der Waals surface area contributed by atoms with Crippen molar-refractivity contribution in [3.8, 4) is 0 Å². The molecule has 12 heteroatoms. The van der Waals surface area contributed by atoms with Crippen LogP contribution in [0.3, 0.4) is 0 Å². The maximum Gasteiger partial charge on any atom is 0.472 e. The van der Waals surface area contributed by atoms with E-state index in [1.807, 2.05) is 0 Å². The first-order valence-corrected chi connectivity index (χ1v) is 22.3. The quantitative estimate of drug-likeness (QED) is 0.0204. The zero-order valence-corrected chi connectivity index (χ0v) is 34.9. The number of aliphatic carboxylic acids is 1. The van der Waals surface area contributed by atoms with Crippen molar-refractivity contribution >= 4 is 25.7 Å². The van der Waals surface area contributed by atoms with E-state index in [1.165, 1.54) is 38.5 Å². The predicted molar refractivity (Wildman–Crippen MR) is 222 cm³/mol. The number of hydrogen-bond acceptors (Lipinski definition) is 8. The summed E-state index contributed by atoms with van der Waals surface area (Å²) < 4.78 is 26.7. The summed E-state index contributed by atoms with van der Waals surface area (Å²) in [7, 11) is -4.76. The number of carboxylic acid groups (broad SMARTS) is 1. The number of esters is 1. The number of carbonyl (C=O) groups excluding carboxylic acids is 2. The van der Waals surface area contributed by atoms with Crippen LogP contribution in [0.25, 0.3) is 0 Å². The molecule has 0 spiro atoms. The minimum absolute atomic E-state index is 0.144.